The van der Waals surface area contributed by atoms with E-state index in [1.54, 1.807) is 0 Å². The fourth-order valence-corrected chi connectivity index (χ4v) is 3.15. The van der Waals surface area contributed by atoms with Gasteiger partial charge in [0, 0.05) is 11.9 Å². The molecule has 118 valence electrons. The van der Waals surface area contributed by atoms with Crippen LogP contribution in [0.25, 0.3) is 28.0 Å². The minimum absolute atomic E-state index is 0.659. The Hall–Kier alpha value is -2.80. The first-order valence-electron chi connectivity index (χ1n) is 8.52. The molecule has 1 aliphatic carbocycles. The lowest BCUT2D eigenvalue weighted by Crippen LogP contribution is -1.94. The molecular weight excluding hydrogens is 290 g/mol. The normalized spacial score (nSPS) is 16.9. The number of H-pyrrole nitrogens is 1. The summed E-state index contributed by atoms with van der Waals surface area (Å²) in [7, 11) is 0. The lowest BCUT2D eigenvalue weighted by Gasteiger charge is -2.12. The van der Waals surface area contributed by atoms with Crippen LogP contribution in [0.1, 0.15) is 18.9 Å². The summed E-state index contributed by atoms with van der Waals surface area (Å²) < 4.78 is 0. The van der Waals surface area contributed by atoms with Crippen LogP contribution in [-0.4, -0.2) is 4.98 Å². The fourth-order valence-electron chi connectivity index (χ4n) is 3.15. The Morgan fingerprint density at radius 3 is 1.96 bits per heavy atom. The number of rotatable bonds is 3. The first kappa shape index (κ1) is 14.8. The van der Waals surface area contributed by atoms with Gasteiger partial charge in [0.2, 0.25) is 0 Å². The second-order valence-corrected chi connectivity index (χ2v) is 6.47. The third-order valence-electron chi connectivity index (χ3n) is 4.66. The van der Waals surface area contributed by atoms with Crippen molar-refractivity contribution in [3.8, 4) is 22.4 Å². The quantitative estimate of drug-likeness (QED) is 0.582. The van der Waals surface area contributed by atoms with Crippen LogP contribution in [0.5, 0.6) is 0 Å². The molecule has 1 aromatic heterocycles. The van der Waals surface area contributed by atoms with Gasteiger partial charge in [0.1, 0.15) is 0 Å². The van der Waals surface area contributed by atoms with Crippen molar-refractivity contribution in [1.29, 1.82) is 0 Å². The maximum absolute atomic E-state index is 3.25. The van der Waals surface area contributed by atoms with Gasteiger partial charge in [0.25, 0.3) is 0 Å². The van der Waals surface area contributed by atoms with Crippen molar-refractivity contribution in [2.45, 2.75) is 13.3 Å². The highest BCUT2D eigenvalue weighted by Gasteiger charge is 2.06. The molecule has 1 aliphatic rings. The zero-order valence-corrected chi connectivity index (χ0v) is 13.9. The average molecular weight is 311 g/mol. The SMILES string of the molecule is CC1C=CC(c2ccc(-c3ccc(-c4ccc[nH]4)cc3)cc2)=CC1. The molecule has 24 heavy (non-hydrogen) atoms. The number of nitrogens with one attached hydrogen (secondary N) is 1. The third kappa shape index (κ3) is 2.98. The van der Waals surface area contributed by atoms with E-state index in [2.05, 4.69) is 84.7 Å². The van der Waals surface area contributed by atoms with E-state index in [0.717, 1.165) is 12.1 Å². The maximum Gasteiger partial charge on any atom is 0.0453 e. The maximum atomic E-state index is 3.25. The second-order valence-electron chi connectivity index (χ2n) is 6.47. The Bertz CT molecular complexity index is 863. The van der Waals surface area contributed by atoms with Crippen molar-refractivity contribution in [3.63, 3.8) is 0 Å². The van der Waals surface area contributed by atoms with E-state index in [4.69, 9.17) is 0 Å². The zero-order chi connectivity index (χ0) is 16.4. The van der Waals surface area contributed by atoms with E-state index >= 15 is 0 Å². The molecule has 2 aromatic carbocycles. The monoisotopic (exact) mass is 311 g/mol. The number of benzene rings is 2. The number of allylic oxidation sites excluding steroid dienone is 4. The number of aromatic amines is 1. The average Bonchev–Trinajstić information content (AvgIpc) is 3.17. The van der Waals surface area contributed by atoms with Crippen LogP contribution in [0.2, 0.25) is 0 Å². The topological polar surface area (TPSA) is 15.8 Å². The molecule has 0 radical (unpaired) electrons. The molecule has 1 heteroatoms. The van der Waals surface area contributed by atoms with Crippen molar-refractivity contribution in [2.75, 3.05) is 0 Å². The fraction of sp³-hybridized carbons (Fsp3) is 0.130. The van der Waals surface area contributed by atoms with E-state index in [1.807, 2.05) is 12.3 Å². The summed E-state index contributed by atoms with van der Waals surface area (Å²) in [6.07, 6.45) is 9.96. The smallest absolute Gasteiger partial charge is 0.0453 e. The van der Waals surface area contributed by atoms with Crippen molar-refractivity contribution >= 4 is 5.57 Å². The number of hydrogen-bond donors (Lipinski definition) is 1. The molecule has 0 fully saturated rings. The van der Waals surface area contributed by atoms with Crippen molar-refractivity contribution in [2.24, 2.45) is 5.92 Å². The summed E-state index contributed by atoms with van der Waals surface area (Å²) in [4.78, 5) is 3.25. The summed E-state index contributed by atoms with van der Waals surface area (Å²) in [5, 5.41) is 0. The largest absolute Gasteiger partial charge is 0.361 e. The summed E-state index contributed by atoms with van der Waals surface area (Å²) in [5.74, 6) is 0.659. The van der Waals surface area contributed by atoms with E-state index in [9.17, 15) is 0 Å². The van der Waals surface area contributed by atoms with E-state index in [1.165, 1.54) is 27.8 Å². The molecule has 1 N–H and O–H groups in total. The van der Waals surface area contributed by atoms with Crippen LogP contribution in [0, 0.1) is 5.92 Å². The lowest BCUT2D eigenvalue weighted by atomic mass is 9.93. The summed E-state index contributed by atoms with van der Waals surface area (Å²) in [6.45, 7) is 2.25. The van der Waals surface area contributed by atoms with Crippen LogP contribution >= 0.6 is 0 Å². The number of aromatic nitrogens is 1. The molecule has 0 saturated heterocycles. The van der Waals surface area contributed by atoms with Crippen LogP contribution in [0.4, 0.5) is 0 Å². The first-order chi connectivity index (χ1) is 11.8. The number of hydrogen-bond acceptors (Lipinski definition) is 0. The van der Waals surface area contributed by atoms with Gasteiger partial charge >= 0.3 is 0 Å². The van der Waals surface area contributed by atoms with Crippen molar-refractivity contribution < 1.29 is 0 Å². The van der Waals surface area contributed by atoms with E-state index in [-0.39, 0.29) is 0 Å². The highest BCUT2D eigenvalue weighted by molar-refractivity contribution is 5.77. The minimum Gasteiger partial charge on any atom is -0.361 e. The minimum atomic E-state index is 0.659. The summed E-state index contributed by atoms with van der Waals surface area (Å²) in [5.41, 5.74) is 7.50. The van der Waals surface area contributed by atoms with E-state index in [0.29, 0.717) is 5.92 Å². The molecule has 0 saturated carbocycles. The molecule has 0 spiro atoms. The predicted molar refractivity (Wildman–Crippen MR) is 103 cm³/mol. The molecular formula is C23H21N. The highest BCUT2D eigenvalue weighted by atomic mass is 14.7. The van der Waals surface area contributed by atoms with Gasteiger partial charge in [-0.05, 0) is 52.3 Å². The van der Waals surface area contributed by atoms with Crippen molar-refractivity contribution in [3.05, 3.63) is 90.7 Å². The van der Waals surface area contributed by atoms with Gasteiger partial charge in [0.05, 0.1) is 0 Å². The van der Waals surface area contributed by atoms with Gasteiger partial charge in [-0.2, -0.15) is 0 Å². The molecule has 0 amide bonds. The Morgan fingerprint density at radius 2 is 1.42 bits per heavy atom. The molecule has 1 atom stereocenters. The Kier molecular flexibility index (Phi) is 3.92. The van der Waals surface area contributed by atoms with Gasteiger partial charge in [-0.3, -0.25) is 0 Å². The van der Waals surface area contributed by atoms with Gasteiger partial charge in [-0.25, -0.2) is 0 Å². The van der Waals surface area contributed by atoms with Gasteiger partial charge in [-0.1, -0.05) is 73.7 Å². The van der Waals surface area contributed by atoms with Crippen LogP contribution < -0.4 is 0 Å². The van der Waals surface area contributed by atoms with Gasteiger partial charge in [-0.15, -0.1) is 0 Å². The zero-order valence-electron chi connectivity index (χ0n) is 13.9. The molecule has 0 aliphatic heterocycles. The lowest BCUT2D eigenvalue weighted by molar-refractivity contribution is 0.739. The summed E-state index contributed by atoms with van der Waals surface area (Å²) >= 11 is 0. The Balaban J connectivity index is 1.56. The van der Waals surface area contributed by atoms with E-state index < -0.39 is 0 Å². The summed E-state index contributed by atoms with van der Waals surface area (Å²) in [6, 6.07) is 21.7. The molecule has 1 nitrogen and oxygen atoms in total. The second kappa shape index (κ2) is 6.37. The third-order valence-corrected chi connectivity index (χ3v) is 4.66. The molecule has 1 unspecified atom stereocenters. The van der Waals surface area contributed by atoms with Crippen LogP contribution in [-0.2, 0) is 0 Å². The van der Waals surface area contributed by atoms with Crippen molar-refractivity contribution in [1.82, 2.24) is 4.98 Å². The predicted octanol–water partition coefficient (Wildman–Crippen LogP) is 6.33. The van der Waals surface area contributed by atoms with Gasteiger partial charge in [0.15, 0.2) is 0 Å². The highest BCUT2D eigenvalue weighted by Crippen LogP contribution is 2.28. The molecule has 0 bridgehead atoms. The van der Waals surface area contributed by atoms with Crippen LogP contribution in [0.3, 0.4) is 0 Å². The molecule has 1 heterocycles. The standard InChI is InChI=1S/C23H21N/c1-17-4-6-18(7-5-17)19-8-10-20(11-9-19)21-12-14-22(15-13-21)23-3-2-16-24-23/h2-4,6-17,24H,5H2,1H3. The Labute approximate surface area is 143 Å². The molecule has 4 rings (SSSR count). The first-order valence-corrected chi connectivity index (χ1v) is 8.52. The Morgan fingerprint density at radius 1 is 0.792 bits per heavy atom. The van der Waals surface area contributed by atoms with Gasteiger partial charge < -0.3 is 4.98 Å². The molecule has 3 aromatic rings. The van der Waals surface area contributed by atoms with Crippen LogP contribution in [0.15, 0.2) is 85.1 Å².